The van der Waals surface area contributed by atoms with Crippen LogP contribution in [-0.2, 0) is 9.47 Å². The molecule has 3 nitrogen and oxygen atoms in total. The summed E-state index contributed by atoms with van der Waals surface area (Å²) >= 11 is 0. The van der Waals surface area contributed by atoms with Crippen LogP contribution in [0.1, 0.15) is 39.5 Å². The first-order chi connectivity index (χ1) is 6.22. The molecule has 0 amide bonds. The van der Waals surface area contributed by atoms with Crippen molar-refractivity contribution >= 4 is 0 Å². The number of rotatable bonds is 5. The lowest BCUT2D eigenvalue weighted by Gasteiger charge is -2.26. The fourth-order valence-corrected chi connectivity index (χ4v) is 1.70. The van der Waals surface area contributed by atoms with Gasteiger partial charge < -0.3 is 14.6 Å². The molecule has 1 rings (SSSR count). The molecule has 2 atom stereocenters. The SMILES string of the molecule is CCC1(CCCCO)OCC(C)O1. The van der Waals surface area contributed by atoms with Gasteiger partial charge in [0.15, 0.2) is 5.79 Å². The highest BCUT2D eigenvalue weighted by Gasteiger charge is 2.37. The standard InChI is InChI=1S/C10H20O3/c1-3-10(6-4-5-7-11)12-8-9(2)13-10/h9,11H,3-8H2,1-2H3. The molecule has 0 spiro atoms. The summed E-state index contributed by atoms with van der Waals surface area (Å²) in [5.41, 5.74) is 0. The third kappa shape index (κ3) is 2.93. The van der Waals surface area contributed by atoms with Gasteiger partial charge in [0.25, 0.3) is 0 Å². The van der Waals surface area contributed by atoms with Crippen LogP contribution in [0.25, 0.3) is 0 Å². The minimum Gasteiger partial charge on any atom is -0.396 e. The Bertz CT molecular complexity index is 149. The summed E-state index contributed by atoms with van der Waals surface area (Å²) in [4.78, 5) is 0. The Morgan fingerprint density at radius 3 is 2.69 bits per heavy atom. The van der Waals surface area contributed by atoms with Crippen molar-refractivity contribution in [3.05, 3.63) is 0 Å². The van der Waals surface area contributed by atoms with Crippen LogP contribution in [0.3, 0.4) is 0 Å². The van der Waals surface area contributed by atoms with Crippen LogP contribution < -0.4 is 0 Å². The van der Waals surface area contributed by atoms with Crippen molar-refractivity contribution in [2.75, 3.05) is 13.2 Å². The maximum atomic E-state index is 8.67. The van der Waals surface area contributed by atoms with Crippen LogP contribution in [0.4, 0.5) is 0 Å². The third-order valence-corrected chi connectivity index (χ3v) is 2.50. The van der Waals surface area contributed by atoms with Crippen molar-refractivity contribution in [2.24, 2.45) is 0 Å². The Labute approximate surface area is 80.0 Å². The van der Waals surface area contributed by atoms with Crippen molar-refractivity contribution < 1.29 is 14.6 Å². The lowest BCUT2D eigenvalue weighted by molar-refractivity contribution is -0.174. The van der Waals surface area contributed by atoms with E-state index in [9.17, 15) is 0 Å². The molecule has 13 heavy (non-hydrogen) atoms. The van der Waals surface area contributed by atoms with E-state index >= 15 is 0 Å². The van der Waals surface area contributed by atoms with Crippen molar-refractivity contribution in [3.63, 3.8) is 0 Å². The Morgan fingerprint density at radius 2 is 2.23 bits per heavy atom. The van der Waals surface area contributed by atoms with E-state index in [0.29, 0.717) is 6.61 Å². The first kappa shape index (κ1) is 11.0. The monoisotopic (exact) mass is 188 g/mol. The van der Waals surface area contributed by atoms with E-state index in [1.807, 2.05) is 6.92 Å². The minimum absolute atomic E-state index is 0.217. The zero-order valence-corrected chi connectivity index (χ0v) is 8.58. The van der Waals surface area contributed by atoms with E-state index in [4.69, 9.17) is 14.6 Å². The topological polar surface area (TPSA) is 38.7 Å². The number of hydrogen-bond donors (Lipinski definition) is 1. The van der Waals surface area contributed by atoms with Gasteiger partial charge in [-0.2, -0.15) is 0 Å². The smallest absolute Gasteiger partial charge is 0.168 e. The normalized spacial score (nSPS) is 33.9. The van der Waals surface area contributed by atoms with Gasteiger partial charge in [-0.05, 0) is 26.2 Å². The second-order valence-corrected chi connectivity index (χ2v) is 3.68. The van der Waals surface area contributed by atoms with Crippen LogP contribution in [-0.4, -0.2) is 30.2 Å². The molecule has 0 bridgehead atoms. The summed E-state index contributed by atoms with van der Waals surface area (Å²) in [5, 5.41) is 8.67. The first-order valence-electron chi connectivity index (χ1n) is 5.15. The van der Waals surface area contributed by atoms with Gasteiger partial charge in [-0.1, -0.05) is 6.92 Å². The van der Waals surface area contributed by atoms with E-state index in [1.165, 1.54) is 0 Å². The second-order valence-electron chi connectivity index (χ2n) is 3.68. The molecule has 1 heterocycles. The van der Waals surface area contributed by atoms with Crippen molar-refractivity contribution in [1.82, 2.24) is 0 Å². The molecule has 1 aliphatic rings. The van der Waals surface area contributed by atoms with Gasteiger partial charge >= 0.3 is 0 Å². The van der Waals surface area contributed by atoms with Crippen LogP contribution in [0.15, 0.2) is 0 Å². The predicted octanol–water partition coefficient (Wildman–Crippen LogP) is 1.69. The predicted molar refractivity (Wildman–Crippen MR) is 50.5 cm³/mol. The molecule has 1 fully saturated rings. The van der Waals surface area contributed by atoms with E-state index in [-0.39, 0.29) is 18.5 Å². The molecule has 2 unspecified atom stereocenters. The Morgan fingerprint density at radius 1 is 1.46 bits per heavy atom. The molecule has 1 N–H and O–H groups in total. The lowest BCUT2D eigenvalue weighted by atomic mass is 10.1. The summed E-state index contributed by atoms with van der Waals surface area (Å²) in [6.07, 6.45) is 3.81. The van der Waals surface area contributed by atoms with E-state index in [1.54, 1.807) is 0 Å². The maximum Gasteiger partial charge on any atom is 0.168 e. The van der Waals surface area contributed by atoms with Gasteiger partial charge in [-0.25, -0.2) is 0 Å². The van der Waals surface area contributed by atoms with E-state index in [2.05, 4.69) is 6.92 Å². The molecule has 0 radical (unpaired) electrons. The molecular weight excluding hydrogens is 168 g/mol. The lowest BCUT2D eigenvalue weighted by Crippen LogP contribution is -2.29. The zero-order valence-electron chi connectivity index (χ0n) is 8.58. The highest BCUT2D eigenvalue weighted by Crippen LogP contribution is 2.31. The van der Waals surface area contributed by atoms with Crippen LogP contribution in [0.5, 0.6) is 0 Å². The third-order valence-electron chi connectivity index (χ3n) is 2.50. The summed E-state index contributed by atoms with van der Waals surface area (Å²) < 4.78 is 11.4. The molecule has 3 heteroatoms. The largest absolute Gasteiger partial charge is 0.396 e. The first-order valence-corrected chi connectivity index (χ1v) is 5.15. The van der Waals surface area contributed by atoms with Crippen molar-refractivity contribution in [3.8, 4) is 0 Å². The number of unbranched alkanes of at least 4 members (excludes halogenated alkanes) is 1. The maximum absolute atomic E-state index is 8.67. The molecule has 1 saturated heterocycles. The Kier molecular flexibility index (Phi) is 4.16. The van der Waals surface area contributed by atoms with Crippen LogP contribution in [0, 0.1) is 0 Å². The van der Waals surface area contributed by atoms with Gasteiger partial charge in [-0.3, -0.25) is 0 Å². The van der Waals surface area contributed by atoms with Gasteiger partial charge in [0.1, 0.15) is 0 Å². The van der Waals surface area contributed by atoms with Gasteiger partial charge in [0.05, 0.1) is 12.7 Å². The molecule has 0 aromatic heterocycles. The van der Waals surface area contributed by atoms with Gasteiger partial charge in [0, 0.05) is 13.0 Å². The van der Waals surface area contributed by atoms with Crippen LogP contribution >= 0.6 is 0 Å². The molecule has 78 valence electrons. The molecule has 1 aliphatic heterocycles. The fourth-order valence-electron chi connectivity index (χ4n) is 1.70. The second kappa shape index (κ2) is 4.94. The van der Waals surface area contributed by atoms with Gasteiger partial charge in [-0.15, -0.1) is 0 Å². The number of aliphatic hydroxyl groups is 1. The molecule has 0 saturated carbocycles. The Hall–Kier alpha value is -0.120. The fraction of sp³-hybridized carbons (Fsp3) is 1.00. The quantitative estimate of drug-likeness (QED) is 0.667. The van der Waals surface area contributed by atoms with E-state index < -0.39 is 0 Å². The van der Waals surface area contributed by atoms with Crippen molar-refractivity contribution in [1.29, 1.82) is 0 Å². The number of aliphatic hydroxyl groups excluding tert-OH is 1. The molecule has 0 aliphatic carbocycles. The summed E-state index contributed by atoms with van der Waals surface area (Å²) in [7, 11) is 0. The Balaban J connectivity index is 2.32. The molecule has 0 aromatic carbocycles. The van der Waals surface area contributed by atoms with E-state index in [0.717, 1.165) is 25.7 Å². The molecular formula is C10H20O3. The van der Waals surface area contributed by atoms with Gasteiger partial charge in [0.2, 0.25) is 0 Å². The summed E-state index contributed by atoms with van der Waals surface area (Å²) in [6.45, 7) is 5.07. The highest BCUT2D eigenvalue weighted by molar-refractivity contribution is 4.75. The van der Waals surface area contributed by atoms with Crippen LogP contribution in [0.2, 0.25) is 0 Å². The molecule has 0 aromatic rings. The average Bonchev–Trinajstić information content (AvgIpc) is 2.49. The number of ether oxygens (including phenoxy) is 2. The number of hydrogen-bond acceptors (Lipinski definition) is 3. The average molecular weight is 188 g/mol. The minimum atomic E-state index is -0.353. The zero-order chi connectivity index (χ0) is 9.73. The highest BCUT2D eigenvalue weighted by atomic mass is 16.7. The summed E-state index contributed by atoms with van der Waals surface area (Å²) in [5.74, 6) is -0.353. The summed E-state index contributed by atoms with van der Waals surface area (Å²) in [6, 6.07) is 0. The van der Waals surface area contributed by atoms with Crippen molar-refractivity contribution in [2.45, 2.75) is 51.4 Å².